The van der Waals surface area contributed by atoms with E-state index >= 15 is 0 Å². The Hall–Kier alpha value is -2.71. The van der Waals surface area contributed by atoms with Gasteiger partial charge in [0.25, 0.3) is 0 Å². The summed E-state index contributed by atoms with van der Waals surface area (Å²) in [5.41, 5.74) is 4.07. The minimum Gasteiger partial charge on any atom is -0.339 e. The van der Waals surface area contributed by atoms with E-state index < -0.39 is 0 Å². The lowest BCUT2D eigenvalue weighted by Gasteiger charge is -2.09. The van der Waals surface area contributed by atoms with Gasteiger partial charge in [0.15, 0.2) is 10.2 Å². The number of amides is 1. The minimum absolute atomic E-state index is 0.0673. The summed E-state index contributed by atoms with van der Waals surface area (Å²) in [5, 5.41) is 6.96. The van der Waals surface area contributed by atoms with E-state index in [1.165, 1.54) is 4.70 Å². The Morgan fingerprint density at radius 2 is 2.00 bits per heavy atom. The van der Waals surface area contributed by atoms with Gasteiger partial charge in [-0.3, -0.25) is 4.79 Å². The maximum absolute atomic E-state index is 12.2. The van der Waals surface area contributed by atoms with Crippen molar-refractivity contribution in [1.82, 2.24) is 15.1 Å². The number of hydrogen-bond acceptors (Lipinski definition) is 7. The van der Waals surface area contributed by atoms with Crippen molar-refractivity contribution in [2.45, 2.75) is 36.8 Å². The van der Waals surface area contributed by atoms with Crippen LogP contribution in [0, 0.1) is 13.8 Å². The maximum Gasteiger partial charge on any atom is 0.227 e. The van der Waals surface area contributed by atoms with E-state index in [2.05, 4.69) is 26.5 Å². The average Bonchev–Trinajstić information content (AvgIpc) is 3.34. The van der Waals surface area contributed by atoms with Crippen molar-refractivity contribution in [3.05, 3.63) is 65.3 Å². The molecule has 0 bridgehead atoms. The summed E-state index contributed by atoms with van der Waals surface area (Å²) in [4.78, 5) is 21.2. The highest BCUT2D eigenvalue weighted by Gasteiger charge is 2.12. The molecule has 0 radical (unpaired) electrons. The fourth-order valence-electron chi connectivity index (χ4n) is 2.81. The lowest BCUT2D eigenvalue weighted by molar-refractivity contribution is -0.116. The van der Waals surface area contributed by atoms with Crippen LogP contribution in [0.25, 0.3) is 10.2 Å². The van der Waals surface area contributed by atoms with Gasteiger partial charge < -0.3 is 9.84 Å². The molecule has 0 aliphatic heterocycles. The van der Waals surface area contributed by atoms with E-state index in [1.54, 1.807) is 23.1 Å². The Balaban J connectivity index is 1.28. The zero-order valence-electron chi connectivity index (χ0n) is 16.1. The summed E-state index contributed by atoms with van der Waals surface area (Å²) in [6.45, 7) is 4.02. The molecule has 0 fully saturated rings. The summed E-state index contributed by atoms with van der Waals surface area (Å²) in [6.07, 6.45) is 0.704. The van der Waals surface area contributed by atoms with Gasteiger partial charge in [-0.05, 0) is 43.2 Å². The quantitative estimate of drug-likeness (QED) is 0.413. The second-order valence-electron chi connectivity index (χ2n) is 6.64. The van der Waals surface area contributed by atoms with Crippen LogP contribution in [0.3, 0.4) is 0 Å². The van der Waals surface area contributed by atoms with Crippen LogP contribution in [-0.4, -0.2) is 21.0 Å². The van der Waals surface area contributed by atoms with Gasteiger partial charge in [-0.1, -0.05) is 41.2 Å². The summed E-state index contributed by atoms with van der Waals surface area (Å²) in [7, 11) is 0. The Morgan fingerprint density at radius 3 is 2.86 bits per heavy atom. The fraction of sp³-hybridized carbons (Fsp3) is 0.238. The molecule has 2 aromatic heterocycles. The number of carbonyl (C=O) groups is 1. The molecule has 0 saturated heterocycles. The first-order valence-electron chi connectivity index (χ1n) is 9.24. The number of rotatable bonds is 7. The lowest BCUT2D eigenvalue weighted by Crippen LogP contribution is -2.13. The van der Waals surface area contributed by atoms with E-state index in [9.17, 15) is 4.79 Å². The van der Waals surface area contributed by atoms with E-state index in [0.717, 1.165) is 26.7 Å². The van der Waals surface area contributed by atoms with E-state index in [1.807, 2.05) is 50.2 Å². The lowest BCUT2D eigenvalue weighted by atomic mass is 10.1. The van der Waals surface area contributed by atoms with Gasteiger partial charge >= 0.3 is 0 Å². The number of anilines is 1. The first kappa shape index (κ1) is 19.6. The third-order valence-corrected chi connectivity index (χ3v) is 6.73. The third kappa shape index (κ3) is 4.83. The molecule has 4 aromatic rings. The van der Waals surface area contributed by atoms with Gasteiger partial charge in [-0.25, -0.2) is 4.98 Å². The van der Waals surface area contributed by atoms with Crippen molar-refractivity contribution in [2.75, 3.05) is 5.32 Å². The Labute approximate surface area is 176 Å². The second-order valence-corrected chi connectivity index (χ2v) is 8.89. The van der Waals surface area contributed by atoms with Gasteiger partial charge in [0, 0.05) is 18.5 Å². The topological polar surface area (TPSA) is 80.9 Å². The molecule has 4 rings (SSSR count). The SMILES string of the molecule is Cc1cccc(NC(=O)CCc2nc(CSc3nc4ccccc4s3)no2)c1C. The number of benzene rings is 2. The van der Waals surface area contributed by atoms with Gasteiger partial charge in [0.05, 0.1) is 16.0 Å². The molecule has 1 N–H and O–H groups in total. The smallest absolute Gasteiger partial charge is 0.227 e. The average molecular weight is 425 g/mol. The molecule has 0 unspecified atom stereocenters. The van der Waals surface area contributed by atoms with Crippen LogP contribution in [0.15, 0.2) is 51.3 Å². The van der Waals surface area contributed by atoms with Crippen LogP contribution in [0.2, 0.25) is 0 Å². The van der Waals surface area contributed by atoms with Gasteiger partial charge in [-0.2, -0.15) is 4.98 Å². The molecule has 8 heteroatoms. The monoisotopic (exact) mass is 424 g/mol. The predicted octanol–water partition coefficient (Wildman–Crippen LogP) is 5.16. The zero-order valence-corrected chi connectivity index (χ0v) is 17.8. The summed E-state index contributed by atoms with van der Waals surface area (Å²) >= 11 is 3.24. The number of nitrogens with zero attached hydrogens (tertiary/aromatic N) is 3. The highest BCUT2D eigenvalue weighted by molar-refractivity contribution is 8.00. The zero-order chi connectivity index (χ0) is 20.2. The van der Waals surface area contributed by atoms with Crippen molar-refractivity contribution in [2.24, 2.45) is 0 Å². The number of aromatic nitrogens is 3. The van der Waals surface area contributed by atoms with E-state index in [0.29, 0.717) is 30.3 Å². The third-order valence-electron chi connectivity index (χ3n) is 4.55. The molecule has 0 saturated carbocycles. The van der Waals surface area contributed by atoms with Crippen molar-refractivity contribution < 1.29 is 9.32 Å². The fourth-order valence-corrected chi connectivity index (χ4v) is 4.72. The Bertz CT molecular complexity index is 1120. The highest BCUT2D eigenvalue weighted by Crippen LogP contribution is 2.30. The molecule has 0 spiro atoms. The van der Waals surface area contributed by atoms with Crippen LogP contribution in [0.5, 0.6) is 0 Å². The van der Waals surface area contributed by atoms with Crippen molar-refractivity contribution in [3.63, 3.8) is 0 Å². The molecule has 2 heterocycles. The molecule has 148 valence electrons. The number of para-hydroxylation sites is 1. The number of hydrogen-bond donors (Lipinski definition) is 1. The van der Waals surface area contributed by atoms with Crippen LogP contribution in [0.1, 0.15) is 29.3 Å². The Kier molecular flexibility index (Phi) is 5.92. The minimum atomic E-state index is -0.0673. The normalized spacial score (nSPS) is 11.1. The first-order valence-corrected chi connectivity index (χ1v) is 11.0. The summed E-state index contributed by atoms with van der Waals surface area (Å²) < 4.78 is 7.43. The maximum atomic E-state index is 12.2. The van der Waals surface area contributed by atoms with E-state index in [-0.39, 0.29) is 5.91 Å². The van der Waals surface area contributed by atoms with Crippen LogP contribution in [-0.2, 0) is 17.0 Å². The molecule has 0 aliphatic carbocycles. The van der Waals surface area contributed by atoms with Crippen LogP contribution < -0.4 is 5.32 Å². The molecule has 2 aromatic carbocycles. The standard InChI is InChI=1S/C21H20N4O2S2/c1-13-6-5-8-15(14(13)2)22-19(26)10-11-20-24-18(25-27-20)12-28-21-23-16-7-3-4-9-17(16)29-21/h3-9H,10-12H2,1-2H3,(H,22,26). The van der Waals surface area contributed by atoms with Crippen molar-refractivity contribution >= 4 is 44.9 Å². The number of thioether (sulfide) groups is 1. The summed E-state index contributed by atoms with van der Waals surface area (Å²) in [5.74, 6) is 1.60. The van der Waals surface area contributed by atoms with Crippen molar-refractivity contribution in [1.29, 1.82) is 0 Å². The number of aryl methyl sites for hydroxylation is 2. The van der Waals surface area contributed by atoms with Gasteiger partial charge in [-0.15, -0.1) is 11.3 Å². The molecule has 6 nitrogen and oxygen atoms in total. The molecular formula is C21H20N4O2S2. The number of nitrogens with one attached hydrogen (secondary N) is 1. The van der Waals surface area contributed by atoms with Crippen LogP contribution >= 0.6 is 23.1 Å². The molecule has 0 atom stereocenters. The number of thiazole rings is 1. The first-order chi connectivity index (χ1) is 14.1. The molecular weight excluding hydrogens is 404 g/mol. The van der Waals surface area contributed by atoms with Gasteiger partial charge in [0.2, 0.25) is 11.8 Å². The number of carbonyl (C=O) groups excluding carboxylic acids is 1. The molecule has 1 amide bonds. The van der Waals surface area contributed by atoms with E-state index in [4.69, 9.17) is 4.52 Å². The number of fused-ring (bicyclic) bond motifs is 1. The largest absolute Gasteiger partial charge is 0.339 e. The van der Waals surface area contributed by atoms with Gasteiger partial charge in [0.1, 0.15) is 0 Å². The summed E-state index contributed by atoms with van der Waals surface area (Å²) in [6, 6.07) is 13.9. The predicted molar refractivity (Wildman–Crippen MR) is 116 cm³/mol. The highest BCUT2D eigenvalue weighted by atomic mass is 32.2. The molecule has 29 heavy (non-hydrogen) atoms. The van der Waals surface area contributed by atoms with Crippen molar-refractivity contribution in [3.8, 4) is 0 Å². The van der Waals surface area contributed by atoms with Crippen LogP contribution in [0.4, 0.5) is 5.69 Å². The molecule has 0 aliphatic rings. The Morgan fingerprint density at radius 1 is 1.14 bits per heavy atom. The second kappa shape index (κ2) is 8.75.